The van der Waals surface area contributed by atoms with Crippen LogP contribution in [0.25, 0.3) is 5.69 Å². The van der Waals surface area contributed by atoms with Gasteiger partial charge in [-0.1, -0.05) is 32.9 Å². The lowest BCUT2D eigenvalue weighted by molar-refractivity contribution is 0.548. The van der Waals surface area contributed by atoms with Gasteiger partial charge in [-0.25, -0.2) is 4.68 Å². The van der Waals surface area contributed by atoms with Crippen molar-refractivity contribution in [1.82, 2.24) is 15.1 Å². The van der Waals surface area contributed by atoms with Gasteiger partial charge in [-0.3, -0.25) is 0 Å². The molecule has 3 rings (SSSR count). The number of hydrogen-bond acceptors (Lipinski definition) is 3. The highest BCUT2D eigenvalue weighted by atomic mass is 15.3. The molecule has 0 aliphatic carbocycles. The summed E-state index contributed by atoms with van der Waals surface area (Å²) in [6.07, 6.45) is 1.45. The van der Waals surface area contributed by atoms with Crippen LogP contribution >= 0.6 is 0 Å². The highest BCUT2D eigenvalue weighted by Crippen LogP contribution is 2.30. The van der Waals surface area contributed by atoms with Crippen LogP contribution < -0.4 is 5.32 Å². The van der Waals surface area contributed by atoms with Crippen molar-refractivity contribution < 1.29 is 0 Å². The Kier molecular flexibility index (Phi) is 3.76. The van der Waals surface area contributed by atoms with Crippen LogP contribution in [0.3, 0.4) is 0 Å². The molecule has 0 saturated carbocycles. The van der Waals surface area contributed by atoms with Crippen LogP contribution in [0.4, 0.5) is 0 Å². The second-order valence-corrected chi connectivity index (χ2v) is 6.86. The molecule has 0 fully saturated rings. The van der Waals surface area contributed by atoms with Crippen molar-refractivity contribution in [3.63, 3.8) is 0 Å². The zero-order valence-corrected chi connectivity index (χ0v) is 13.5. The van der Waals surface area contributed by atoms with Gasteiger partial charge in [0.15, 0.2) is 0 Å². The highest BCUT2D eigenvalue weighted by Gasteiger charge is 2.28. The Bertz CT molecular complexity index is 711. The molecule has 2 heterocycles. The summed E-state index contributed by atoms with van der Waals surface area (Å²) in [7, 11) is 0. The number of aromatic nitrogens is 2. The molecule has 0 bridgehead atoms. The van der Waals surface area contributed by atoms with Crippen molar-refractivity contribution in [3.05, 3.63) is 46.8 Å². The molecule has 0 atom stereocenters. The standard InChI is InChI=1S/C18H22N4/c1-18(2,3)17-15-12-20-11-9-16(15)22(21-17)14-6-4-13(5-7-14)8-10-19/h4-7,20H,8-9,11-12H2,1-3H3. The summed E-state index contributed by atoms with van der Waals surface area (Å²) < 4.78 is 2.09. The lowest BCUT2D eigenvalue weighted by Crippen LogP contribution is -2.26. The average molecular weight is 294 g/mol. The van der Waals surface area contributed by atoms with Gasteiger partial charge in [0, 0.05) is 30.5 Å². The lowest BCUT2D eigenvalue weighted by Gasteiger charge is -2.20. The molecule has 0 radical (unpaired) electrons. The van der Waals surface area contributed by atoms with Gasteiger partial charge in [0.1, 0.15) is 0 Å². The third kappa shape index (κ3) is 2.65. The fraction of sp³-hybridized carbons (Fsp3) is 0.444. The Morgan fingerprint density at radius 1 is 1.27 bits per heavy atom. The molecule has 4 heteroatoms. The monoisotopic (exact) mass is 294 g/mol. The van der Waals surface area contributed by atoms with E-state index in [0.717, 1.165) is 30.8 Å². The zero-order valence-electron chi connectivity index (χ0n) is 13.5. The molecular formula is C18H22N4. The topological polar surface area (TPSA) is 53.6 Å². The van der Waals surface area contributed by atoms with Gasteiger partial charge in [-0.2, -0.15) is 10.4 Å². The van der Waals surface area contributed by atoms with Gasteiger partial charge in [0.25, 0.3) is 0 Å². The molecule has 1 N–H and O–H groups in total. The van der Waals surface area contributed by atoms with E-state index in [2.05, 4.69) is 49.0 Å². The smallest absolute Gasteiger partial charge is 0.0730 e. The van der Waals surface area contributed by atoms with Crippen LogP contribution in [0.15, 0.2) is 24.3 Å². The molecule has 2 aromatic rings. The first-order valence-electron chi connectivity index (χ1n) is 7.79. The minimum absolute atomic E-state index is 0.0368. The first kappa shape index (κ1) is 14.8. The lowest BCUT2D eigenvalue weighted by atomic mass is 9.88. The minimum atomic E-state index is 0.0368. The van der Waals surface area contributed by atoms with E-state index in [0.29, 0.717) is 6.42 Å². The zero-order chi connectivity index (χ0) is 15.7. The first-order valence-corrected chi connectivity index (χ1v) is 7.79. The van der Waals surface area contributed by atoms with E-state index < -0.39 is 0 Å². The van der Waals surface area contributed by atoms with E-state index >= 15 is 0 Å². The predicted molar refractivity (Wildman–Crippen MR) is 87.0 cm³/mol. The minimum Gasteiger partial charge on any atom is -0.312 e. The quantitative estimate of drug-likeness (QED) is 0.926. The molecule has 0 spiro atoms. The fourth-order valence-corrected chi connectivity index (χ4v) is 3.01. The van der Waals surface area contributed by atoms with E-state index in [4.69, 9.17) is 10.4 Å². The van der Waals surface area contributed by atoms with E-state index in [9.17, 15) is 0 Å². The molecule has 1 aliphatic rings. The van der Waals surface area contributed by atoms with Gasteiger partial charge >= 0.3 is 0 Å². The van der Waals surface area contributed by atoms with Crippen molar-refractivity contribution in [2.45, 2.75) is 45.6 Å². The van der Waals surface area contributed by atoms with Crippen LogP contribution in [0.2, 0.25) is 0 Å². The fourth-order valence-electron chi connectivity index (χ4n) is 3.01. The molecule has 0 amide bonds. The molecule has 114 valence electrons. The third-order valence-corrected chi connectivity index (χ3v) is 4.10. The number of nitrogens with zero attached hydrogens (tertiary/aromatic N) is 3. The highest BCUT2D eigenvalue weighted by molar-refractivity contribution is 5.42. The maximum Gasteiger partial charge on any atom is 0.0730 e. The summed E-state index contributed by atoms with van der Waals surface area (Å²) in [4.78, 5) is 0. The maximum atomic E-state index is 8.78. The molecule has 22 heavy (non-hydrogen) atoms. The average Bonchev–Trinajstić information content (AvgIpc) is 2.88. The van der Waals surface area contributed by atoms with Gasteiger partial charge in [-0.15, -0.1) is 0 Å². The number of benzene rings is 1. The summed E-state index contributed by atoms with van der Waals surface area (Å²) >= 11 is 0. The number of hydrogen-bond donors (Lipinski definition) is 1. The predicted octanol–water partition coefficient (Wildman–Crippen LogP) is 2.88. The maximum absolute atomic E-state index is 8.78. The van der Waals surface area contributed by atoms with Crippen LogP contribution in [0.1, 0.15) is 43.3 Å². The molecule has 1 aromatic carbocycles. The van der Waals surface area contributed by atoms with Crippen molar-refractivity contribution in [2.75, 3.05) is 6.54 Å². The third-order valence-electron chi connectivity index (χ3n) is 4.10. The number of nitriles is 1. The van der Waals surface area contributed by atoms with Crippen LogP contribution in [-0.2, 0) is 24.8 Å². The van der Waals surface area contributed by atoms with E-state index in [1.807, 2.05) is 12.1 Å². The Morgan fingerprint density at radius 2 is 2.00 bits per heavy atom. The molecule has 1 aliphatic heterocycles. The second kappa shape index (κ2) is 5.58. The first-order chi connectivity index (χ1) is 10.5. The molecule has 1 aromatic heterocycles. The Hall–Kier alpha value is -2.12. The summed E-state index contributed by atoms with van der Waals surface area (Å²) in [5.74, 6) is 0. The molecule has 4 nitrogen and oxygen atoms in total. The van der Waals surface area contributed by atoms with E-state index in [-0.39, 0.29) is 5.41 Å². The van der Waals surface area contributed by atoms with Crippen LogP contribution in [0, 0.1) is 11.3 Å². The Morgan fingerprint density at radius 3 is 2.64 bits per heavy atom. The number of rotatable bonds is 2. The van der Waals surface area contributed by atoms with Gasteiger partial charge in [-0.05, 0) is 17.7 Å². The van der Waals surface area contributed by atoms with Crippen molar-refractivity contribution >= 4 is 0 Å². The van der Waals surface area contributed by atoms with Crippen LogP contribution in [-0.4, -0.2) is 16.3 Å². The van der Waals surface area contributed by atoms with Crippen molar-refractivity contribution in [2.24, 2.45) is 0 Å². The summed E-state index contributed by atoms with van der Waals surface area (Å²) in [5, 5.41) is 17.2. The number of nitrogens with one attached hydrogen (secondary N) is 1. The van der Waals surface area contributed by atoms with Gasteiger partial charge in [0.05, 0.1) is 29.6 Å². The largest absolute Gasteiger partial charge is 0.312 e. The van der Waals surface area contributed by atoms with E-state index in [1.165, 1.54) is 17.0 Å². The van der Waals surface area contributed by atoms with E-state index in [1.54, 1.807) is 0 Å². The second-order valence-electron chi connectivity index (χ2n) is 6.86. The summed E-state index contributed by atoms with van der Waals surface area (Å²) in [6.45, 7) is 8.53. The van der Waals surface area contributed by atoms with Crippen molar-refractivity contribution in [1.29, 1.82) is 5.26 Å². The normalized spacial score (nSPS) is 14.5. The SMILES string of the molecule is CC(C)(C)c1nn(-c2ccc(CC#N)cc2)c2c1CNCC2. The molecular weight excluding hydrogens is 272 g/mol. The van der Waals surface area contributed by atoms with Gasteiger partial charge in [0.2, 0.25) is 0 Å². The summed E-state index contributed by atoms with van der Waals surface area (Å²) in [6, 6.07) is 10.4. The Balaban J connectivity index is 2.07. The van der Waals surface area contributed by atoms with Crippen LogP contribution in [0.5, 0.6) is 0 Å². The van der Waals surface area contributed by atoms with Gasteiger partial charge < -0.3 is 5.32 Å². The van der Waals surface area contributed by atoms with Crippen molar-refractivity contribution in [3.8, 4) is 11.8 Å². The molecule has 0 unspecified atom stereocenters. The molecule has 0 saturated heterocycles. The summed E-state index contributed by atoms with van der Waals surface area (Å²) in [5.41, 5.74) is 6.00. The Labute approximate surface area is 131 Å². The number of fused-ring (bicyclic) bond motifs is 1.